The van der Waals surface area contributed by atoms with Gasteiger partial charge in [0.1, 0.15) is 23.7 Å². The highest BCUT2D eigenvalue weighted by molar-refractivity contribution is 8.04. The number of rotatable bonds is 6. The van der Waals surface area contributed by atoms with Crippen LogP contribution in [0.4, 0.5) is 0 Å². The smallest absolute Gasteiger partial charge is 0.341 e. The van der Waals surface area contributed by atoms with Crippen LogP contribution in [0.25, 0.3) is 0 Å². The van der Waals surface area contributed by atoms with Gasteiger partial charge in [-0.15, -0.1) is 0 Å². The second kappa shape index (κ2) is 8.05. The maximum Gasteiger partial charge on any atom is 0.341 e. The summed E-state index contributed by atoms with van der Waals surface area (Å²) in [6.07, 6.45) is 1.28. The number of carbonyl (C=O) groups excluding carboxylic acids is 3. The van der Waals surface area contributed by atoms with Gasteiger partial charge in [-0.25, -0.2) is 9.59 Å². The fourth-order valence-corrected chi connectivity index (χ4v) is 3.15. The SMILES string of the molecule is CCOC(=O)/C=C1/SCC(=O)N1CCOC(=O)c1cc(C)oc1C. The number of hydrogen-bond acceptors (Lipinski definition) is 7. The van der Waals surface area contributed by atoms with Crippen LogP contribution in [0, 0.1) is 13.8 Å². The number of aryl methyl sites for hydroxylation is 2. The van der Waals surface area contributed by atoms with Crippen LogP contribution in [0.2, 0.25) is 0 Å². The maximum atomic E-state index is 12.0. The first-order valence-corrected chi connectivity index (χ1v) is 8.46. The van der Waals surface area contributed by atoms with Gasteiger partial charge in [-0.3, -0.25) is 4.79 Å². The molecule has 0 radical (unpaired) electrons. The van der Waals surface area contributed by atoms with E-state index in [0.717, 1.165) is 0 Å². The Morgan fingerprint density at radius 1 is 1.38 bits per heavy atom. The van der Waals surface area contributed by atoms with Gasteiger partial charge < -0.3 is 18.8 Å². The summed E-state index contributed by atoms with van der Waals surface area (Å²) in [7, 11) is 0. The molecule has 1 saturated heterocycles. The number of amides is 1. The number of nitrogens with zero attached hydrogens (tertiary/aromatic N) is 1. The third kappa shape index (κ3) is 4.41. The van der Waals surface area contributed by atoms with Crippen LogP contribution in [0.15, 0.2) is 21.6 Å². The standard InChI is InChI=1S/C16H19NO6S/c1-4-21-15(19)8-14-17(13(18)9-24-14)5-6-22-16(20)12-7-10(2)23-11(12)3/h7-8H,4-6,9H2,1-3H3/b14-8+. The molecule has 0 atom stereocenters. The topological polar surface area (TPSA) is 86.0 Å². The van der Waals surface area contributed by atoms with Gasteiger partial charge >= 0.3 is 11.9 Å². The summed E-state index contributed by atoms with van der Waals surface area (Å²) < 4.78 is 15.3. The molecule has 0 N–H and O–H groups in total. The Balaban J connectivity index is 1.92. The minimum atomic E-state index is -0.500. The fraction of sp³-hybridized carbons (Fsp3) is 0.438. The number of thioether (sulfide) groups is 1. The highest BCUT2D eigenvalue weighted by Crippen LogP contribution is 2.28. The van der Waals surface area contributed by atoms with Gasteiger partial charge in [0.2, 0.25) is 5.91 Å². The summed E-state index contributed by atoms with van der Waals surface area (Å²) in [6, 6.07) is 1.61. The van der Waals surface area contributed by atoms with Crippen molar-refractivity contribution in [1.82, 2.24) is 4.90 Å². The lowest BCUT2D eigenvalue weighted by Gasteiger charge is -2.16. The molecular formula is C16H19NO6S. The van der Waals surface area contributed by atoms with Gasteiger partial charge in [-0.05, 0) is 26.8 Å². The summed E-state index contributed by atoms with van der Waals surface area (Å²) in [6.45, 7) is 5.61. The molecule has 7 nitrogen and oxygen atoms in total. The zero-order valence-electron chi connectivity index (χ0n) is 13.8. The molecule has 24 heavy (non-hydrogen) atoms. The summed E-state index contributed by atoms with van der Waals surface area (Å²) in [5, 5.41) is 0.504. The average Bonchev–Trinajstić information content (AvgIpc) is 3.03. The van der Waals surface area contributed by atoms with Crippen molar-refractivity contribution in [2.75, 3.05) is 25.5 Å². The molecule has 0 aromatic carbocycles. The Kier molecular flexibility index (Phi) is 6.08. The van der Waals surface area contributed by atoms with Crippen molar-refractivity contribution in [2.45, 2.75) is 20.8 Å². The number of ether oxygens (including phenoxy) is 2. The van der Waals surface area contributed by atoms with E-state index in [9.17, 15) is 14.4 Å². The lowest BCUT2D eigenvalue weighted by atomic mass is 10.2. The van der Waals surface area contributed by atoms with E-state index in [1.54, 1.807) is 26.8 Å². The third-order valence-corrected chi connectivity index (χ3v) is 4.27. The normalized spacial score (nSPS) is 15.9. The van der Waals surface area contributed by atoms with E-state index in [-0.39, 0.29) is 31.4 Å². The minimum absolute atomic E-state index is 0.0228. The molecule has 8 heteroatoms. The lowest BCUT2D eigenvalue weighted by molar-refractivity contribution is -0.137. The van der Waals surface area contributed by atoms with Crippen molar-refractivity contribution in [3.63, 3.8) is 0 Å². The van der Waals surface area contributed by atoms with E-state index < -0.39 is 11.9 Å². The summed E-state index contributed by atoms with van der Waals surface area (Å²) in [5.41, 5.74) is 0.372. The first kappa shape index (κ1) is 18.1. The Hall–Kier alpha value is -2.22. The predicted molar refractivity (Wildman–Crippen MR) is 87.4 cm³/mol. The van der Waals surface area contributed by atoms with Crippen molar-refractivity contribution in [1.29, 1.82) is 0 Å². The Labute approximate surface area is 144 Å². The molecule has 1 aromatic heterocycles. The van der Waals surface area contributed by atoms with Crippen LogP contribution in [-0.2, 0) is 19.1 Å². The van der Waals surface area contributed by atoms with Gasteiger partial charge in [0.15, 0.2) is 0 Å². The maximum absolute atomic E-state index is 12.0. The highest BCUT2D eigenvalue weighted by atomic mass is 32.2. The second-order valence-electron chi connectivity index (χ2n) is 5.03. The first-order chi connectivity index (χ1) is 11.4. The van der Waals surface area contributed by atoms with E-state index in [1.165, 1.54) is 22.7 Å². The van der Waals surface area contributed by atoms with Crippen LogP contribution in [-0.4, -0.2) is 48.3 Å². The fourth-order valence-electron chi connectivity index (χ4n) is 2.19. The Morgan fingerprint density at radius 2 is 2.12 bits per heavy atom. The summed E-state index contributed by atoms with van der Waals surface area (Å²) in [4.78, 5) is 36.8. The average molecular weight is 353 g/mol. The van der Waals surface area contributed by atoms with Crippen LogP contribution in [0.3, 0.4) is 0 Å². The van der Waals surface area contributed by atoms with Crippen molar-refractivity contribution in [3.8, 4) is 0 Å². The zero-order valence-corrected chi connectivity index (χ0v) is 14.6. The quantitative estimate of drug-likeness (QED) is 0.571. The van der Waals surface area contributed by atoms with Crippen LogP contribution >= 0.6 is 11.8 Å². The lowest BCUT2D eigenvalue weighted by Crippen LogP contribution is -2.29. The molecule has 2 rings (SSSR count). The number of hydrogen-bond donors (Lipinski definition) is 0. The third-order valence-electron chi connectivity index (χ3n) is 3.25. The molecule has 2 heterocycles. The highest BCUT2D eigenvalue weighted by Gasteiger charge is 2.27. The molecule has 1 aromatic rings. The second-order valence-corrected chi connectivity index (χ2v) is 6.03. The molecule has 1 aliphatic heterocycles. The van der Waals surface area contributed by atoms with Gasteiger partial charge in [-0.2, -0.15) is 0 Å². The molecular weight excluding hydrogens is 334 g/mol. The van der Waals surface area contributed by atoms with E-state index in [2.05, 4.69) is 0 Å². The summed E-state index contributed by atoms with van der Waals surface area (Å²) >= 11 is 1.25. The minimum Gasteiger partial charge on any atom is -0.466 e. The number of carbonyl (C=O) groups is 3. The Bertz CT molecular complexity index is 678. The molecule has 0 bridgehead atoms. The van der Waals surface area contributed by atoms with Crippen molar-refractivity contribution < 1.29 is 28.3 Å². The van der Waals surface area contributed by atoms with Crippen LogP contribution in [0.1, 0.15) is 28.8 Å². The first-order valence-electron chi connectivity index (χ1n) is 7.48. The van der Waals surface area contributed by atoms with Crippen LogP contribution in [0.5, 0.6) is 0 Å². The predicted octanol–water partition coefficient (Wildman–Crippen LogP) is 2.03. The van der Waals surface area contributed by atoms with Gasteiger partial charge in [0.25, 0.3) is 0 Å². The van der Waals surface area contributed by atoms with Crippen molar-refractivity contribution >= 4 is 29.6 Å². The van der Waals surface area contributed by atoms with Crippen LogP contribution < -0.4 is 0 Å². The molecule has 0 spiro atoms. The molecule has 130 valence electrons. The largest absolute Gasteiger partial charge is 0.466 e. The van der Waals surface area contributed by atoms with E-state index in [1.807, 2.05) is 0 Å². The van der Waals surface area contributed by atoms with E-state index in [0.29, 0.717) is 22.1 Å². The zero-order chi connectivity index (χ0) is 17.7. The Morgan fingerprint density at radius 3 is 2.75 bits per heavy atom. The van der Waals surface area contributed by atoms with Crippen molar-refractivity contribution in [3.05, 3.63) is 34.3 Å². The molecule has 1 fully saturated rings. The molecule has 0 saturated carbocycles. The number of furan rings is 1. The van der Waals surface area contributed by atoms with Gasteiger partial charge in [-0.1, -0.05) is 11.8 Å². The monoisotopic (exact) mass is 353 g/mol. The molecule has 1 aliphatic rings. The van der Waals surface area contributed by atoms with E-state index >= 15 is 0 Å². The van der Waals surface area contributed by atoms with E-state index in [4.69, 9.17) is 13.9 Å². The van der Waals surface area contributed by atoms with Gasteiger partial charge in [0, 0.05) is 0 Å². The molecule has 0 aliphatic carbocycles. The molecule has 0 unspecified atom stereocenters. The van der Waals surface area contributed by atoms with Crippen molar-refractivity contribution in [2.24, 2.45) is 0 Å². The molecule has 1 amide bonds. The number of esters is 2. The van der Waals surface area contributed by atoms with Gasteiger partial charge in [0.05, 0.1) is 30.0 Å². The summed E-state index contributed by atoms with van der Waals surface area (Å²) in [5.74, 6) is 0.236.